The summed E-state index contributed by atoms with van der Waals surface area (Å²) in [5.41, 5.74) is -2.78. The van der Waals surface area contributed by atoms with Crippen LogP contribution in [0, 0.1) is 31.9 Å². The van der Waals surface area contributed by atoms with Gasteiger partial charge in [0.1, 0.15) is 5.56 Å². The fourth-order valence-corrected chi connectivity index (χ4v) is 1.78. The molecule has 162 valence electrons. The SMILES string of the molecule is O=C(Cl)c1cccc([N+](=O)[O-])c1F.O=C(O)c1cccc([N+](=O)[O-])c1F.O=S(Cl)Cl. The van der Waals surface area contributed by atoms with Crippen molar-refractivity contribution in [2.45, 2.75) is 0 Å². The summed E-state index contributed by atoms with van der Waals surface area (Å²) in [6.07, 6.45) is 0. The number of nitro benzene ring substituents is 2. The van der Waals surface area contributed by atoms with Gasteiger partial charge in [-0.05, 0) is 23.7 Å². The van der Waals surface area contributed by atoms with E-state index in [1.165, 1.54) is 6.07 Å². The summed E-state index contributed by atoms with van der Waals surface area (Å²) < 4.78 is 35.1. The molecule has 0 spiro atoms. The molecule has 0 saturated heterocycles. The summed E-state index contributed by atoms with van der Waals surface area (Å²) in [5.74, 6) is -4.05. The van der Waals surface area contributed by atoms with Crippen LogP contribution in [0.15, 0.2) is 36.4 Å². The van der Waals surface area contributed by atoms with Gasteiger partial charge in [-0.3, -0.25) is 25.0 Å². The van der Waals surface area contributed by atoms with E-state index in [0.29, 0.717) is 0 Å². The lowest BCUT2D eigenvalue weighted by molar-refractivity contribution is -0.387. The van der Waals surface area contributed by atoms with Crippen LogP contribution in [0.2, 0.25) is 0 Å². The molecule has 16 heteroatoms. The molecule has 30 heavy (non-hydrogen) atoms. The van der Waals surface area contributed by atoms with E-state index in [9.17, 15) is 38.6 Å². The van der Waals surface area contributed by atoms with Gasteiger partial charge in [-0.25, -0.2) is 9.00 Å². The first kappa shape index (κ1) is 27.3. The molecule has 2 rings (SSSR count). The minimum Gasteiger partial charge on any atom is -0.478 e. The number of carbonyl (C=O) groups is 2. The van der Waals surface area contributed by atoms with Gasteiger partial charge in [-0.1, -0.05) is 12.1 Å². The van der Waals surface area contributed by atoms with Crippen molar-refractivity contribution in [2.24, 2.45) is 0 Å². The van der Waals surface area contributed by atoms with Gasteiger partial charge in [0, 0.05) is 33.5 Å². The summed E-state index contributed by atoms with van der Waals surface area (Å²) in [6, 6.07) is 6.21. The maximum atomic E-state index is 13.0. The first-order valence-corrected chi connectivity index (χ1v) is 10.0. The molecule has 0 aliphatic heterocycles. The van der Waals surface area contributed by atoms with Crippen LogP contribution >= 0.6 is 33.0 Å². The third kappa shape index (κ3) is 8.73. The van der Waals surface area contributed by atoms with E-state index in [4.69, 9.17) is 20.9 Å². The number of nitro groups is 2. The average molecular weight is 508 g/mol. The molecule has 0 aliphatic carbocycles. The Morgan fingerprint density at radius 1 is 0.900 bits per heavy atom. The average Bonchev–Trinajstić information content (AvgIpc) is 2.61. The highest BCUT2D eigenvalue weighted by Crippen LogP contribution is 2.21. The molecule has 0 unspecified atom stereocenters. The Morgan fingerprint density at radius 2 is 1.23 bits per heavy atom. The van der Waals surface area contributed by atoms with Crippen LogP contribution in [0.3, 0.4) is 0 Å². The molecule has 0 bridgehead atoms. The van der Waals surface area contributed by atoms with Crippen molar-refractivity contribution < 1.29 is 37.5 Å². The molecule has 0 saturated carbocycles. The largest absolute Gasteiger partial charge is 0.478 e. The molecule has 10 nitrogen and oxygen atoms in total. The molecule has 0 fully saturated rings. The second-order valence-electron chi connectivity index (χ2n) is 4.55. The summed E-state index contributed by atoms with van der Waals surface area (Å²) >= 11 is 4.98. The highest BCUT2D eigenvalue weighted by atomic mass is 36.0. The Balaban J connectivity index is 0.000000477. The predicted molar refractivity (Wildman–Crippen MR) is 103 cm³/mol. The van der Waals surface area contributed by atoms with E-state index in [1.54, 1.807) is 0 Å². The Labute approximate surface area is 181 Å². The number of aromatic carboxylic acids is 1. The zero-order valence-corrected chi connectivity index (χ0v) is 17.0. The Morgan fingerprint density at radius 3 is 1.53 bits per heavy atom. The number of halogens is 5. The van der Waals surface area contributed by atoms with Gasteiger partial charge in [-0.15, -0.1) is 0 Å². The van der Waals surface area contributed by atoms with Crippen LogP contribution in [0.25, 0.3) is 0 Å². The molecule has 1 N–H and O–H groups in total. The summed E-state index contributed by atoms with van der Waals surface area (Å²) in [5, 5.41) is 27.7. The number of hydrogen-bond acceptors (Lipinski definition) is 7. The monoisotopic (exact) mass is 506 g/mol. The summed E-state index contributed by atoms with van der Waals surface area (Å²) in [6.45, 7) is 0. The van der Waals surface area contributed by atoms with E-state index >= 15 is 0 Å². The number of carbonyl (C=O) groups excluding carboxylic acids is 1. The van der Waals surface area contributed by atoms with E-state index in [0.717, 1.165) is 30.3 Å². The molecule has 0 amide bonds. The highest BCUT2D eigenvalue weighted by Gasteiger charge is 2.21. The molecule has 0 radical (unpaired) electrons. The summed E-state index contributed by atoms with van der Waals surface area (Å²) in [7, 11) is 7.36. The number of rotatable bonds is 4. The van der Waals surface area contributed by atoms with Crippen molar-refractivity contribution in [3.05, 3.63) is 79.4 Å². The third-order valence-corrected chi connectivity index (χ3v) is 3.00. The zero-order valence-electron chi connectivity index (χ0n) is 14.0. The maximum absolute atomic E-state index is 13.0. The Hall–Kier alpha value is -2.74. The molecule has 0 aromatic heterocycles. The van der Waals surface area contributed by atoms with Crippen LogP contribution in [-0.2, 0) is 9.23 Å². The number of carboxylic acids is 1. The van der Waals surface area contributed by atoms with Crippen molar-refractivity contribution in [1.82, 2.24) is 0 Å². The van der Waals surface area contributed by atoms with Crippen LogP contribution in [0.4, 0.5) is 20.2 Å². The number of carboxylic acid groups (broad SMARTS) is 1. The van der Waals surface area contributed by atoms with Crippen molar-refractivity contribution in [2.75, 3.05) is 0 Å². The maximum Gasteiger partial charge on any atom is 0.338 e. The topological polar surface area (TPSA) is 158 Å². The Kier molecular flexibility index (Phi) is 11.6. The van der Waals surface area contributed by atoms with Crippen molar-refractivity contribution in [1.29, 1.82) is 0 Å². The van der Waals surface area contributed by atoms with Gasteiger partial charge in [-0.2, -0.15) is 8.78 Å². The van der Waals surface area contributed by atoms with Gasteiger partial charge in [0.15, 0.2) is 0 Å². The fourth-order valence-electron chi connectivity index (χ4n) is 1.64. The van der Waals surface area contributed by atoms with Crippen molar-refractivity contribution >= 4 is 64.8 Å². The smallest absolute Gasteiger partial charge is 0.338 e. The van der Waals surface area contributed by atoms with E-state index < -0.39 is 64.4 Å². The number of benzene rings is 2. The molecule has 2 aromatic carbocycles. The molecule has 0 heterocycles. The minimum atomic E-state index is -1.67. The molecular weight excluding hydrogens is 501 g/mol. The second-order valence-corrected chi connectivity index (χ2v) is 7.42. The normalized spacial score (nSPS) is 9.53. The first-order valence-electron chi connectivity index (χ1n) is 6.84. The van der Waals surface area contributed by atoms with Crippen LogP contribution in [0.1, 0.15) is 20.7 Å². The fraction of sp³-hybridized carbons (Fsp3) is 0. The quantitative estimate of drug-likeness (QED) is 0.357. The van der Waals surface area contributed by atoms with Gasteiger partial charge >= 0.3 is 17.3 Å². The minimum absolute atomic E-state index is 0.490. The second kappa shape index (κ2) is 12.7. The number of nitrogens with zero attached hydrogens (tertiary/aromatic N) is 2. The molecular formula is C14H7Cl3F2N2O8S. The standard InChI is InChI=1S/C7H3ClFNO3.C7H4FNO4.Cl2OS/c8-7(11)4-2-1-3-5(6(4)9)10(12)13;8-6-4(7(10)11)2-1-3-5(6)9(12)13;1-4(2)3/h1-3H;1-3H,(H,10,11);. The van der Waals surface area contributed by atoms with Gasteiger partial charge < -0.3 is 5.11 Å². The lowest BCUT2D eigenvalue weighted by atomic mass is 10.2. The van der Waals surface area contributed by atoms with Crippen molar-refractivity contribution in [3.63, 3.8) is 0 Å². The van der Waals surface area contributed by atoms with Gasteiger partial charge in [0.05, 0.1) is 15.4 Å². The first-order chi connectivity index (χ1) is 13.8. The third-order valence-electron chi connectivity index (χ3n) is 2.79. The van der Waals surface area contributed by atoms with E-state index in [2.05, 4.69) is 21.4 Å². The zero-order chi connectivity index (χ0) is 23.6. The number of hydrogen-bond donors (Lipinski definition) is 1. The van der Waals surface area contributed by atoms with Crippen LogP contribution in [0.5, 0.6) is 0 Å². The molecule has 2 aromatic rings. The van der Waals surface area contributed by atoms with Gasteiger partial charge in [0.2, 0.25) is 20.9 Å². The molecule has 0 aliphatic rings. The van der Waals surface area contributed by atoms with E-state index in [-0.39, 0.29) is 0 Å². The summed E-state index contributed by atoms with van der Waals surface area (Å²) in [4.78, 5) is 39.4. The lowest BCUT2D eigenvalue weighted by Gasteiger charge is -1.96. The van der Waals surface area contributed by atoms with Gasteiger partial charge in [0.25, 0.3) is 5.24 Å². The predicted octanol–water partition coefficient (Wildman–Crippen LogP) is 4.59. The highest BCUT2D eigenvalue weighted by molar-refractivity contribution is 8.26. The lowest BCUT2D eigenvalue weighted by Crippen LogP contribution is -2.03. The Bertz CT molecular complexity index is 867. The van der Waals surface area contributed by atoms with Crippen LogP contribution < -0.4 is 0 Å². The van der Waals surface area contributed by atoms with Crippen molar-refractivity contribution in [3.8, 4) is 0 Å². The van der Waals surface area contributed by atoms with E-state index in [1.807, 2.05) is 0 Å². The van der Waals surface area contributed by atoms with Crippen LogP contribution in [-0.4, -0.2) is 30.4 Å². The molecule has 0 atom stereocenters.